The molecule has 1 aromatic rings. The van der Waals surface area contributed by atoms with E-state index in [2.05, 4.69) is 0 Å². The molecule has 1 aromatic carbocycles. The summed E-state index contributed by atoms with van der Waals surface area (Å²) in [5, 5.41) is 0. The molecule has 0 fully saturated rings. The van der Waals surface area contributed by atoms with Gasteiger partial charge in [-0.25, -0.2) is 0 Å². The summed E-state index contributed by atoms with van der Waals surface area (Å²) in [5.74, 6) is 0.377. The van der Waals surface area contributed by atoms with E-state index in [-0.39, 0.29) is 0 Å². The Hall–Kier alpha value is -2.23. The highest BCUT2D eigenvalue weighted by Crippen LogP contribution is 2.38. The first-order valence-electron chi connectivity index (χ1n) is 5.01. The Bertz CT molecular complexity index is 532. The third-order valence-corrected chi connectivity index (χ3v) is 2.76. The lowest BCUT2D eigenvalue weighted by Gasteiger charge is -2.27. The van der Waals surface area contributed by atoms with Crippen LogP contribution in [-0.2, 0) is 4.79 Å². The van der Waals surface area contributed by atoms with Gasteiger partial charge in [0.05, 0.1) is 17.0 Å². The van der Waals surface area contributed by atoms with Crippen molar-refractivity contribution in [3.8, 4) is 5.75 Å². The predicted molar refractivity (Wildman–Crippen MR) is 59.8 cm³/mol. The molecule has 4 nitrogen and oxygen atoms in total. The third kappa shape index (κ3) is 1.13. The number of fused-ring (bicyclic) bond motifs is 3. The van der Waals surface area contributed by atoms with Gasteiger partial charge < -0.3 is 15.4 Å². The van der Waals surface area contributed by atoms with Crippen molar-refractivity contribution in [1.29, 1.82) is 0 Å². The topological polar surface area (TPSA) is 55.6 Å². The molecule has 0 radical (unpaired) electrons. The van der Waals surface area contributed by atoms with Crippen molar-refractivity contribution >= 4 is 11.6 Å². The Labute approximate surface area is 92.6 Å². The van der Waals surface area contributed by atoms with Gasteiger partial charge in [-0.1, -0.05) is 12.1 Å². The van der Waals surface area contributed by atoms with Gasteiger partial charge in [-0.3, -0.25) is 4.79 Å². The summed E-state index contributed by atoms with van der Waals surface area (Å²) in [7, 11) is 0. The molecule has 2 N–H and O–H groups in total. The van der Waals surface area contributed by atoms with E-state index in [1.165, 1.54) is 0 Å². The van der Waals surface area contributed by atoms with Crippen molar-refractivity contribution in [2.45, 2.75) is 0 Å². The van der Waals surface area contributed by atoms with E-state index in [4.69, 9.17) is 10.5 Å². The molecule has 3 rings (SSSR count). The van der Waals surface area contributed by atoms with Gasteiger partial charge in [-0.2, -0.15) is 0 Å². The molecule has 0 aliphatic carbocycles. The van der Waals surface area contributed by atoms with Crippen molar-refractivity contribution < 1.29 is 9.53 Å². The number of nitrogens with zero attached hydrogens (tertiary/aromatic N) is 1. The second-order valence-electron chi connectivity index (χ2n) is 3.68. The van der Waals surface area contributed by atoms with E-state index >= 15 is 0 Å². The zero-order valence-electron chi connectivity index (χ0n) is 8.51. The summed E-state index contributed by atoms with van der Waals surface area (Å²) in [6, 6.07) is 7.70. The molecule has 0 saturated heterocycles. The highest BCUT2D eigenvalue weighted by atomic mass is 16.5. The van der Waals surface area contributed by atoms with Crippen LogP contribution in [0.15, 0.2) is 47.9 Å². The Balaban J connectivity index is 2.05. The average Bonchev–Trinajstić information content (AvgIpc) is 2.73. The van der Waals surface area contributed by atoms with E-state index in [1.54, 1.807) is 6.26 Å². The smallest absolute Gasteiger partial charge is 0.250 e. The fourth-order valence-corrected chi connectivity index (χ4v) is 2.01. The second-order valence-corrected chi connectivity index (χ2v) is 3.68. The molecule has 1 amide bonds. The van der Waals surface area contributed by atoms with Gasteiger partial charge in [0.15, 0.2) is 0 Å². The molecule has 0 spiro atoms. The number of rotatable bonds is 1. The van der Waals surface area contributed by atoms with Crippen molar-refractivity contribution in [1.82, 2.24) is 0 Å². The molecule has 0 bridgehead atoms. The molecule has 4 heteroatoms. The largest absolute Gasteiger partial charge is 0.461 e. The zero-order valence-corrected chi connectivity index (χ0v) is 8.51. The number of nitrogens with two attached hydrogens (primary N) is 1. The van der Waals surface area contributed by atoms with E-state index in [9.17, 15) is 4.79 Å². The van der Waals surface area contributed by atoms with Gasteiger partial charge in [0.1, 0.15) is 12.0 Å². The Morgan fingerprint density at radius 2 is 2.19 bits per heavy atom. The summed E-state index contributed by atoms with van der Waals surface area (Å²) in [5.41, 5.74) is 7.52. The first kappa shape index (κ1) is 9.03. The fraction of sp³-hybridized carbons (Fsp3) is 0.0833. The minimum atomic E-state index is -0.420. The van der Waals surface area contributed by atoms with E-state index < -0.39 is 5.91 Å². The van der Waals surface area contributed by atoms with Crippen LogP contribution in [0.3, 0.4) is 0 Å². The summed E-state index contributed by atoms with van der Waals surface area (Å²) in [6.07, 6.45) is 3.39. The maximum Gasteiger partial charge on any atom is 0.250 e. The normalized spacial score (nSPS) is 16.9. The zero-order chi connectivity index (χ0) is 11.1. The molecule has 0 aromatic heterocycles. The van der Waals surface area contributed by atoms with Crippen LogP contribution in [0.1, 0.15) is 0 Å². The summed E-state index contributed by atoms with van der Waals surface area (Å²) in [4.78, 5) is 13.2. The molecule has 0 atom stereocenters. The minimum absolute atomic E-state index is 0.420. The maximum absolute atomic E-state index is 11.2. The fourth-order valence-electron chi connectivity index (χ4n) is 2.01. The highest BCUT2D eigenvalue weighted by molar-refractivity contribution is 5.99. The predicted octanol–water partition coefficient (Wildman–Crippen LogP) is 1.15. The van der Waals surface area contributed by atoms with Crippen molar-refractivity contribution in [2.24, 2.45) is 5.73 Å². The van der Waals surface area contributed by atoms with Gasteiger partial charge in [0, 0.05) is 6.54 Å². The van der Waals surface area contributed by atoms with E-state index in [0.29, 0.717) is 12.1 Å². The lowest BCUT2D eigenvalue weighted by molar-refractivity contribution is -0.114. The molecular weight excluding hydrogens is 204 g/mol. The van der Waals surface area contributed by atoms with Crippen LogP contribution in [0.4, 0.5) is 5.69 Å². The molecule has 2 heterocycles. The number of hydrogen-bond donors (Lipinski definition) is 1. The molecule has 2 aliphatic rings. The average molecular weight is 214 g/mol. The summed E-state index contributed by atoms with van der Waals surface area (Å²) >= 11 is 0. The van der Waals surface area contributed by atoms with Gasteiger partial charge >= 0.3 is 0 Å². The van der Waals surface area contributed by atoms with Crippen molar-refractivity contribution in [3.63, 3.8) is 0 Å². The molecule has 2 aliphatic heterocycles. The first-order valence-corrected chi connectivity index (χ1v) is 5.01. The standard InChI is InChI=1S/C12H10N2O2/c13-12(15)8-5-6-14-9-3-1-2-4-11(9)16-7-10(8)14/h1-5,7H,6H2,(H2,13,15). The second kappa shape index (κ2) is 3.13. The molecule has 0 saturated carbocycles. The van der Waals surface area contributed by atoms with Gasteiger partial charge in [-0.05, 0) is 18.2 Å². The quantitative estimate of drug-likeness (QED) is 0.763. The SMILES string of the molecule is NC(=O)C1=CCN2C1=COc1ccccc12. The van der Waals surface area contributed by atoms with Crippen LogP contribution in [0, 0.1) is 0 Å². The Morgan fingerprint density at radius 1 is 1.38 bits per heavy atom. The van der Waals surface area contributed by atoms with E-state index in [0.717, 1.165) is 17.1 Å². The number of hydrogen-bond acceptors (Lipinski definition) is 3. The van der Waals surface area contributed by atoms with Crippen LogP contribution < -0.4 is 15.4 Å². The van der Waals surface area contributed by atoms with Gasteiger partial charge in [0.25, 0.3) is 5.91 Å². The summed E-state index contributed by atoms with van der Waals surface area (Å²) < 4.78 is 5.47. The first-order chi connectivity index (χ1) is 7.77. The number of primary amides is 1. The molecular formula is C12H10N2O2. The van der Waals surface area contributed by atoms with Crippen molar-refractivity contribution in [3.05, 3.63) is 47.9 Å². The van der Waals surface area contributed by atoms with Crippen LogP contribution in [0.25, 0.3) is 0 Å². The minimum Gasteiger partial charge on any atom is -0.461 e. The summed E-state index contributed by atoms with van der Waals surface area (Å²) in [6.45, 7) is 0.657. The van der Waals surface area contributed by atoms with Crippen LogP contribution in [0.2, 0.25) is 0 Å². The lowest BCUT2D eigenvalue weighted by Crippen LogP contribution is -2.25. The molecule has 80 valence electrons. The maximum atomic E-state index is 11.2. The number of carbonyl (C=O) groups is 1. The molecule has 16 heavy (non-hydrogen) atoms. The van der Waals surface area contributed by atoms with E-state index in [1.807, 2.05) is 35.2 Å². The highest BCUT2D eigenvalue weighted by Gasteiger charge is 2.29. The number of carbonyl (C=O) groups excluding carboxylic acids is 1. The lowest BCUT2D eigenvalue weighted by atomic mass is 10.2. The number of amides is 1. The van der Waals surface area contributed by atoms with Crippen LogP contribution in [-0.4, -0.2) is 12.5 Å². The van der Waals surface area contributed by atoms with Gasteiger partial charge in [-0.15, -0.1) is 0 Å². The van der Waals surface area contributed by atoms with Crippen LogP contribution >= 0.6 is 0 Å². The Kier molecular flexibility index (Phi) is 1.77. The monoisotopic (exact) mass is 214 g/mol. The van der Waals surface area contributed by atoms with Crippen LogP contribution in [0.5, 0.6) is 5.75 Å². The molecule has 0 unspecified atom stereocenters. The number of para-hydroxylation sites is 2. The van der Waals surface area contributed by atoms with Gasteiger partial charge in [0.2, 0.25) is 0 Å². The number of benzene rings is 1. The third-order valence-electron chi connectivity index (χ3n) is 2.76. The Morgan fingerprint density at radius 3 is 3.00 bits per heavy atom. The number of ether oxygens (including phenoxy) is 1. The number of anilines is 1. The van der Waals surface area contributed by atoms with Crippen molar-refractivity contribution in [2.75, 3.05) is 11.4 Å².